The van der Waals surface area contributed by atoms with Crippen LogP contribution in [0, 0.1) is 6.92 Å². The Kier molecular flexibility index (Phi) is 4.48. The second-order valence-electron chi connectivity index (χ2n) is 4.15. The highest BCUT2D eigenvalue weighted by Gasteiger charge is 2.19. The molecule has 0 aliphatic rings. The zero-order valence-corrected chi connectivity index (χ0v) is 13.7. The SMILES string of the molecule is CNC(Cc1c(Br)c(C)nn1C)c1sccc1Cl. The van der Waals surface area contributed by atoms with E-state index in [9.17, 15) is 0 Å². The second-order valence-corrected chi connectivity index (χ2v) is 6.30. The van der Waals surface area contributed by atoms with Crippen molar-refractivity contribution < 1.29 is 0 Å². The lowest BCUT2D eigenvalue weighted by Gasteiger charge is -2.15. The predicted octanol–water partition coefficient (Wildman–Crippen LogP) is 3.71. The van der Waals surface area contributed by atoms with Gasteiger partial charge in [0.25, 0.3) is 0 Å². The third kappa shape index (κ3) is 2.64. The van der Waals surface area contributed by atoms with Crippen molar-refractivity contribution >= 4 is 38.9 Å². The summed E-state index contributed by atoms with van der Waals surface area (Å²) in [6, 6.07) is 2.15. The van der Waals surface area contributed by atoms with Gasteiger partial charge in [0.15, 0.2) is 0 Å². The summed E-state index contributed by atoms with van der Waals surface area (Å²) < 4.78 is 3.00. The van der Waals surface area contributed by atoms with Gasteiger partial charge in [-0.05, 0) is 41.3 Å². The average molecular weight is 349 g/mol. The molecule has 18 heavy (non-hydrogen) atoms. The minimum atomic E-state index is 0.212. The van der Waals surface area contributed by atoms with E-state index in [1.165, 1.54) is 10.6 Å². The lowest BCUT2D eigenvalue weighted by atomic mass is 10.1. The molecule has 0 aromatic carbocycles. The predicted molar refractivity (Wildman–Crippen MR) is 80.5 cm³/mol. The molecule has 6 heteroatoms. The number of aryl methyl sites for hydroxylation is 2. The zero-order chi connectivity index (χ0) is 13.3. The van der Waals surface area contributed by atoms with Gasteiger partial charge >= 0.3 is 0 Å². The Morgan fingerprint density at radius 2 is 2.33 bits per heavy atom. The summed E-state index contributed by atoms with van der Waals surface area (Å²) in [5.41, 5.74) is 2.19. The standard InChI is InChI=1S/C12H15BrClN3S/c1-7-11(13)10(17(3)16-7)6-9(15-2)12-8(14)4-5-18-12/h4-5,9,15H,6H2,1-3H3. The Morgan fingerprint density at radius 1 is 1.61 bits per heavy atom. The number of nitrogens with zero attached hydrogens (tertiary/aromatic N) is 2. The second kappa shape index (κ2) is 5.74. The first-order valence-electron chi connectivity index (χ1n) is 5.62. The summed E-state index contributed by atoms with van der Waals surface area (Å²) in [7, 11) is 3.92. The van der Waals surface area contributed by atoms with Gasteiger partial charge < -0.3 is 5.32 Å². The fourth-order valence-corrected chi connectivity index (χ4v) is 3.77. The molecule has 2 aromatic rings. The van der Waals surface area contributed by atoms with E-state index in [-0.39, 0.29) is 6.04 Å². The van der Waals surface area contributed by atoms with Crippen molar-refractivity contribution in [3.8, 4) is 0 Å². The summed E-state index contributed by atoms with van der Waals surface area (Å²) in [6.45, 7) is 2.00. The fraction of sp³-hybridized carbons (Fsp3) is 0.417. The third-order valence-corrected chi connectivity index (χ3v) is 5.47. The number of nitrogens with one attached hydrogen (secondary N) is 1. The van der Waals surface area contributed by atoms with E-state index >= 15 is 0 Å². The van der Waals surface area contributed by atoms with Crippen LogP contribution in [-0.4, -0.2) is 16.8 Å². The lowest BCUT2D eigenvalue weighted by Crippen LogP contribution is -2.19. The maximum absolute atomic E-state index is 6.20. The molecule has 0 bridgehead atoms. The smallest absolute Gasteiger partial charge is 0.0738 e. The van der Waals surface area contributed by atoms with Crippen LogP contribution in [0.3, 0.4) is 0 Å². The molecule has 2 rings (SSSR count). The van der Waals surface area contributed by atoms with E-state index in [0.717, 1.165) is 21.6 Å². The molecule has 1 unspecified atom stereocenters. The Bertz CT molecular complexity index is 550. The van der Waals surface area contributed by atoms with E-state index in [0.29, 0.717) is 0 Å². The first-order valence-corrected chi connectivity index (χ1v) is 7.67. The van der Waals surface area contributed by atoms with E-state index in [1.54, 1.807) is 11.3 Å². The van der Waals surface area contributed by atoms with Gasteiger partial charge in [0.05, 0.1) is 20.9 Å². The molecule has 1 N–H and O–H groups in total. The van der Waals surface area contributed by atoms with Crippen molar-refractivity contribution in [2.45, 2.75) is 19.4 Å². The molecule has 0 radical (unpaired) electrons. The van der Waals surface area contributed by atoms with Crippen molar-refractivity contribution in [2.75, 3.05) is 7.05 Å². The lowest BCUT2D eigenvalue weighted by molar-refractivity contribution is 0.568. The fourth-order valence-electron chi connectivity index (χ4n) is 1.98. The number of aromatic nitrogens is 2. The number of hydrogen-bond donors (Lipinski definition) is 1. The molecule has 2 heterocycles. The maximum atomic E-state index is 6.20. The summed E-state index contributed by atoms with van der Waals surface area (Å²) in [4.78, 5) is 1.17. The molecule has 0 fully saturated rings. The molecule has 0 saturated heterocycles. The summed E-state index contributed by atoms with van der Waals surface area (Å²) in [5.74, 6) is 0. The van der Waals surface area contributed by atoms with Crippen LogP contribution in [0.4, 0.5) is 0 Å². The van der Waals surface area contributed by atoms with Gasteiger partial charge in [0.2, 0.25) is 0 Å². The van der Waals surface area contributed by atoms with E-state index in [1.807, 2.05) is 37.1 Å². The van der Waals surface area contributed by atoms with Crippen LogP contribution in [0.5, 0.6) is 0 Å². The molecule has 0 saturated carbocycles. The van der Waals surface area contributed by atoms with Crippen LogP contribution in [0.1, 0.15) is 22.3 Å². The van der Waals surface area contributed by atoms with Gasteiger partial charge in [0.1, 0.15) is 0 Å². The van der Waals surface area contributed by atoms with E-state index in [2.05, 4.69) is 26.3 Å². The van der Waals surface area contributed by atoms with Gasteiger partial charge in [-0.1, -0.05) is 11.6 Å². The molecular weight excluding hydrogens is 334 g/mol. The topological polar surface area (TPSA) is 29.9 Å². The molecule has 0 amide bonds. The van der Waals surface area contributed by atoms with Crippen LogP contribution in [0.25, 0.3) is 0 Å². The zero-order valence-electron chi connectivity index (χ0n) is 10.5. The van der Waals surface area contributed by atoms with Gasteiger partial charge in [-0.3, -0.25) is 4.68 Å². The Labute approximate surface area is 124 Å². The third-order valence-electron chi connectivity index (χ3n) is 2.97. The molecular formula is C12H15BrClN3S. The summed E-state index contributed by atoms with van der Waals surface area (Å²) in [6.07, 6.45) is 0.856. The minimum absolute atomic E-state index is 0.212. The van der Waals surface area contributed by atoms with Crippen LogP contribution in [-0.2, 0) is 13.5 Å². The molecule has 2 aromatic heterocycles. The van der Waals surface area contributed by atoms with Crippen molar-refractivity contribution in [3.63, 3.8) is 0 Å². The first kappa shape index (κ1) is 14.1. The quantitative estimate of drug-likeness (QED) is 0.913. The summed E-state index contributed by atoms with van der Waals surface area (Å²) in [5, 5.41) is 10.6. The Morgan fingerprint density at radius 3 is 2.78 bits per heavy atom. The maximum Gasteiger partial charge on any atom is 0.0738 e. The average Bonchev–Trinajstić information content (AvgIpc) is 2.84. The molecule has 98 valence electrons. The number of rotatable bonds is 4. The highest BCUT2D eigenvalue weighted by atomic mass is 79.9. The molecule has 0 spiro atoms. The normalized spacial score (nSPS) is 12.9. The Balaban J connectivity index is 2.29. The van der Waals surface area contributed by atoms with Crippen molar-refractivity contribution in [1.82, 2.24) is 15.1 Å². The van der Waals surface area contributed by atoms with Gasteiger partial charge in [-0.25, -0.2) is 0 Å². The number of thiophene rings is 1. The van der Waals surface area contributed by atoms with Crippen LogP contribution in [0.2, 0.25) is 5.02 Å². The van der Waals surface area contributed by atoms with Gasteiger partial charge in [0, 0.05) is 24.4 Å². The van der Waals surface area contributed by atoms with Crippen LogP contribution in [0.15, 0.2) is 15.9 Å². The van der Waals surface area contributed by atoms with Gasteiger partial charge in [-0.2, -0.15) is 5.10 Å². The molecule has 3 nitrogen and oxygen atoms in total. The van der Waals surface area contributed by atoms with Crippen molar-refractivity contribution in [1.29, 1.82) is 0 Å². The summed E-state index contributed by atoms with van der Waals surface area (Å²) >= 11 is 11.5. The first-order chi connectivity index (χ1) is 8.54. The number of likely N-dealkylation sites (N-methyl/N-ethyl adjacent to an activating group) is 1. The number of hydrogen-bond acceptors (Lipinski definition) is 3. The highest BCUT2D eigenvalue weighted by molar-refractivity contribution is 9.10. The van der Waals surface area contributed by atoms with Crippen LogP contribution >= 0.6 is 38.9 Å². The van der Waals surface area contributed by atoms with Crippen LogP contribution < -0.4 is 5.32 Å². The monoisotopic (exact) mass is 347 g/mol. The van der Waals surface area contributed by atoms with E-state index in [4.69, 9.17) is 11.6 Å². The molecule has 0 aliphatic carbocycles. The Hall–Kier alpha value is -0.360. The van der Waals surface area contributed by atoms with Gasteiger partial charge in [-0.15, -0.1) is 11.3 Å². The largest absolute Gasteiger partial charge is 0.312 e. The molecule has 0 aliphatic heterocycles. The van der Waals surface area contributed by atoms with Crippen molar-refractivity contribution in [3.05, 3.63) is 37.2 Å². The van der Waals surface area contributed by atoms with Crippen molar-refractivity contribution in [2.24, 2.45) is 7.05 Å². The highest BCUT2D eigenvalue weighted by Crippen LogP contribution is 2.32. The van der Waals surface area contributed by atoms with E-state index < -0.39 is 0 Å². The molecule has 1 atom stereocenters. The number of halogens is 2. The minimum Gasteiger partial charge on any atom is -0.312 e.